The third-order valence-electron chi connectivity index (χ3n) is 9.61. The van der Waals surface area contributed by atoms with Gasteiger partial charge in [0.05, 0.1) is 12.4 Å². The molecule has 1 aliphatic heterocycles. The first-order chi connectivity index (χ1) is 23.6. The summed E-state index contributed by atoms with van der Waals surface area (Å²) in [6.45, 7) is 8.88. The first-order valence-corrected chi connectivity index (χ1v) is 17.2. The van der Waals surface area contributed by atoms with E-state index >= 15 is 0 Å². The Hall–Kier alpha value is -4.74. The van der Waals surface area contributed by atoms with E-state index in [9.17, 15) is 9.59 Å². The molecule has 0 aliphatic carbocycles. The monoisotopic (exact) mass is 665 g/mol. The van der Waals surface area contributed by atoms with Crippen molar-refractivity contribution in [2.24, 2.45) is 22.2 Å². The van der Waals surface area contributed by atoms with Crippen molar-refractivity contribution in [2.45, 2.75) is 77.0 Å². The number of aromatic nitrogens is 2. The molecule has 2 heterocycles. The zero-order chi connectivity index (χ0) is 34.9. The minimum Gasteiger partial charge on any atom is -0.370 e. The van der Waals surface area contributed by atoms with Crippen LogP contribution in [0, 0.1) is 13.8 Å². The maximum atomic E-state index is 14.6. The van der Waals surface area contributed by atoms with Gasteiger partial charge in [-0.25, -0.2) is 4.98 Å². The highest BCUT2D eigenvalue weighted by atomic mass is 16.2. The van der Waals surface area contributed by atoms with E-state index in [0.29, 0.717) is 26.1 Å². The summed E-state index contributed by atoms with van der Waals surface area (Å²) in [5.74, 6) is -0.413. The van der Waals surface area contributed by atoms with Crippen LogP contribution < -0.4 is 22.5 Å². The number of carbonyl (C=O) groups excluding carboxylic acids is 2. The molecule has 1 aliphatic rings. The zero-order valence-electron chi connectivity index (χ0n) is 28.9. The van der Waals surface area contributed by atoms with Gasteiger partial charge >= 0.3 is 0 Å². The van der Waals surface area contributed by atoms with Gasteiger partial charge in [0.2, 0.25) is 11.8 Å². The Morgan fingerprint density at radius 2 is 1.84 bits per heavy atom. The molecule has 11 nitrogen and oxygen atoms in total. The Labute approximate surface area is 289 Å². The second-order valence-corrected chi connectivity index (χ2v) is 13.5. The van der Waals surface area contributed by atoms with E-state index in [1.54, 1.807) is 12.5 Å². The number of fused-ring (bicyclic) bond motifs is 1. The molecule has 1 aromatic heterocycles. The number of nitrogens with two attached hydrogens (primary N) is 3. The molecule has 1 fully saturated rings. The number of nitrogens with one attached hydrogen (secondary N) is 2. The molecule has 3 aromatic carbocycles. The van der Waals surface area contributed by atoms with Gasteiger partial charge in [-0.05, 0) is 67.5 Å². The van der Waals surface area contributed by atoms with Crippen LogP contribution in [0.4, 0.5) is 0 Å². The number of guanidine groups is 1. The number of aromatic amines is 1. The number of imidazole rings is 1. The van der Waals surface area contributed by atoms with E-state index < -0.39 is 12.1 Å². The smallest absolute Gasteiger partial charge is 0.245 e. The molecular formula is C38H51N9O2. The maximum absolute atomic E-state index is 14.6. The molecule has 0 bridgehead atoms. The van der Waals surface area contributed by atoms with Gasteiger partial charge in [-0.3, -0.25) is 19.5 Å². The number of nitrogens with zero attached hydrogens (tertiary/aromatic N) is 4. The normalized spacial score (nSPS) is 17.8. The van der Waals surface area contributed by atoms with E-state index in [1.165, 1.54) is 16.3 Å². The van der Waals surface area contributed by atoms with Crippen molar-refractivity contribution in [1.29, 1.82) is 0 Å². The van der Waals surface area contributed by atoms with Gasteiger partial charge in [0.25, 0.3) is 0 Å². The third-order valence-corrected chi connectivity index (χ3v) is 9.61. The molecule has 1 saturated heterocycles. The molecule has 260 valence electrons. The fraction of sp³-hybridized carbons (Fsp3) is 0.421. The molecule has 11 heteroatoms. The predicted molar refractivity (Wildman–Crippen MR) is 196 cm³/mol. The highest BCUT2D eigenvalue weighted by Crippen LogP contribution is 2.23. The van der Waals surface area contributed by atoms with E-state index in [0.717, 1.165) is 48.2 Å². The van der Waals surface area contributed by atoms with Crippen molar-refractivity contribution < 1.29 is 9.59 Å². The lowest BCUT2D eigenvalue weighted by molar-refractivity contribution is -0.142. The lowest BCUT2D eigenvalue weighted by Gasteiger charge is -2.46. The van der Waals surface area contributed by atoms with Crippen LogP contribution in [-0.2, 0) is 28.9 Å². The first kappa shape index (κ1) is 35.6. The number of aryl methyl sites for hydroxylation is 2. The molecule has 4 atom stereocenters. The Morgan fingerprint density at radius 3 is 2.57 bits per heavy atom. The number of carbonyl (C=O) groups is 2. The topological polar surface area (TPSA) is 172 Å². The standard InChI is InChI=1S/C38H51N9O2/c1-25-10-12-30(26(2)17-25)19-35(45-36(48)34(39)20-32-21-42-24-44-32)37(49)47-22-27(3)46(23-33(47)9-6-15-43-38(40)41)16-14-28-11-13-29-7-4-5-8-31(29)18-28/h4-5,7-8,10-13,17-18,21,24,27,33-35H,6,9,14-16,19-20,22-23,39H2,1-3H3,(H,42,44)(H,45,48)(H4,40,41,43)/t27-,33+,34+,35-/m1/s1. The molecule has 0 saturated carbocycles. The summed E-state index contributed by atoms with van der Waals surface area (Å²) < 4.78 is 0. The van der Waals surface area contributed by atoms with Gasteiger partial charge in [-0.1, -0.05) is 66.2 Å². The number of piperazine rings is 1. The SMILES string of the molecule is Cc1ccc(C[C@@H](NC(=O)[C@@H](N)Cc2cnc[nH]2)C(=O)N2C[C@@H](C)N(CCc3ccc4ccccc4c3)C[C@@H]2CCCN=C(N)N)c(C)c1. The summed E-state index contributed by atoms with van der Waals surface area (Å²) in [5.41, 5.74) is 22.8. The molecule has 5 rings (SSSR count). The number of amides is 2. The third kappa shape index (κ3) is 9.67. The summed E-state index contributed by atoms with van der Waals surface area (Å²) in [7, 11) is 0. The van der Waals surface area contributed by atoms with Gasteiger partial charge in [0.15, 0.2) is 5.96 Å². The quantitative estimate of drug-likeness (QED) is 0.0783. The van der Waals surface area contributed by atoms with Crippen molar-refractivity contribution >= 4 is 28.5 Å². The van der Waals surface area contributed by atoms with E-state index in [-0.39, 0.29) is 36.3 Å². The lowest BCUT2D eigenvalue weighted by atomic mass is 9.95. The minimum atomic E-state index is -0.837. The van der Waals surface area contributed by atoms with Crippen molar-refractivity contribution in [3.05, 3.63) is 101 Å². The average Bonchev–Trinajstić information content (AvgIpc) is 3.59. The minimum absolute atomic E-state index is 0.0601. The summed E-state index contributed by atoms with van der Waals surface area (Å²) in [6.07, 6.45) is 6.22. The molecular weight excluding hydrogens is 614 g/mol. The van der Waals surface area contributed by atoms with Crippen molar-refractivity contribution in [2.75, 3.05) is 26.2 Å². The van der Waals surface area contributed by atoms with Crippen LogP contribution in [0.1, 0.15) is 47.7 Å². The van der Waals surface area contributed by atoms with Crippen LogP contribution in [0.3, 0.4) is 0 Å². The molecule has 4 aromatic rings. The molecule has 49 heavy (non-hydrogen) atoms. The van der Waals surface area contributed by atoms with Gasteiger partial charge in [0, 0.05) is 63.0 Å². The van der Waals surface area contributed by atoms with Crippen molar-refractivity contribution in [3.8, 4) is 0 Å². The molecule has 2 amide bonds. The number of rotatable bonds is 14. The van der Waals surface area contributed by atoms with Crippen LogP contribution in [-0.4, -0.2) is 87.9 Å². The first-order valence-electron chi connectivity index (χ1n) is 17.2. The van der Waals surface area contributed by atoms with Crippen LogP contribution in [0.5, 0.6) is 0 Å². The highest BCUT2D eigenvalue weighted by molar-refractivity contribution is 5.90. The van der Waals surface area contributed by atoms with E-state index in [1.807, 2.05) is 30.9 Å². The maximum Gasteiger partial charge on any atom is 0.245 e. The Balaban J connectivity index is 1.35. The summed E-state index contributed by atoms with van der Waals surface area (Å²) in [5, 5.41) is 5.52. The van der Waals surface area contributed by atoms with E-state index in [4.69, 9.17) is 17.2 Å². The zero-order valence-corrected chi connectivity index (χ0v) is 28.9. The summed E-state index contributed by atoms with van der Waals surface area (Å²) >= 11 is 0. The number of aliphatic imine (C=N–C) groups is 1. The van der Waals surface area contributed by atoms with Crippen LogP contribution in [0.25, 0.3) is 10.8 Å². The Bertz CT molecular complexity index is 1730. The summed E-state index contributed by atoms with van der Waals surface area (Å²) in [4.78, 5) is 43.8. The second kappa shape index (κ2) is 16.6. The molecule has 0 unspecified atom stereocenters. The number of hydrogen-bond donors (Lipinski definition) is 5. The van der Waals surface area contributed by atoms with Gasteiger partial charge in [0.1, 0.15) is 6.04 Å². The lowest BCUT2D eigenvalue weighted by Crippen LogP contribution is -2.63. The van der Waals surface area contributed by atoms with Gasteiger partial charge in [-0.15, -0.1) is 0 Å². The highest BCUT2D eigenvalue weighted by Gasteiger charge is 2.38. The van der Waals surface area contributed by atoms with Crippen LogP contribution in [0.15, 0.2) is 78.2 Å². The van der Waals surface area contributed by atoms with Gasteiger partial charge in [-0.2, -0.15) is 0 Å². The Morgan fingerprint density at radius 1 is 1.04 bits per heavy atom. The van der Waals surface area contributed by atoms with Crippen molar-refractivity contribution in [1.82, 2.24) is 25.1 Å². The number of hydrogen-bond acceptors (Lipinski definition) is 6. The molecule has 0 spiro atoms. The number of H-pyrrole nitrogens is 1. The molecule has 8 N–H and O–H groups in total. The van der Waals surface area contributed by atoms with Crippen molar-refractivity contribution in [3.63, 3.8) is 0 Å². The Kier molecular flexibility index (Phi) is 12.0. The second-order valence-electron chi connectivity index (χ2n) is 13.5. The predicted octanol–water partition coefficient (Wildman–Crippen LogP) is 2.97. The summed E-state index contributed by atoms with van der Waals surface area (Å²) in [6, 6.07) is 19.7. The van der Waals surface area contributed by atoms with Crippen LogP contribution >= 0.6 is 0 Å². The fourth-order valence-electron chi connectivity index (χ4n) is 6.83. The van der Waals surface area contributed by atoms with E-state index in [2.05, 4.69) is 80.6 Å². The van der Waals surface area contributed by atoms with Gasteiger partial charge < -0.3 is 32.4 Å². The fourth-order valence-corrected chi connectivity index (χ4v) is 6.83. The largest absolute Gasteiger partial charge is 0.370 e. The number of benzene rings is 3. The average molecular weight is 666 g/mol. The van der Waals surface area contributed by atoms with Crippen LogP contribution in [0.2, 0.25) is 0 Å². The molecule has 0 radical (unpaired) electrons.